The molecule has 0 spiro atoms. The largest absolute Gasteiger partial charge is 0.380 e. The van der Waals surface area contributed by atoms with E-state index in [2.05, 4.69) is 34.5 Å². The fourth-order valence-corrected chi connectivity index (χ4v) is 3.13. The maximum Gasteiger partial charge on any atom is 0.222 e. The molecule has 0 radical (unpaired) electrons. The lowest BCUT2D eigenvalue weighted by Crippen LogP contribution is -2.32. The third kappa shape index (κ3) is 9.19. The number of carbonyl (C=O) groups excluding carboxylic acids is 1. The first kappa shape index (κ1) is 25.1. The number of amides is 1. The van der Waals surface area contributed by atoms with Gasteiger partial charge in [-0.05, 0) is 37.1 Å². The van der Waals surface area contributed by atoms with Gasteiger partial charge in [-0.3, -0.25) is 9.69 Å². The molecular weight excluding hydrogens is 373 g/mol. The standard InChI is InChI=1S/C19H31N3O2.2ClH/c1-24-18(13-20)12-19(23)21-14-16-7-6-8-17(11-16)15-22-9-4-2-3-5-10-22;;/h6-8,11,18H,2-5,9-10,12-15,20H2,1H3,(H,21,23);2*1H. The fourth-order valence-electron chi connectivity index (χ4n) is 3.13. The maximum absolute atomic E-state index is 11.9. The summed E-state index contributed by atoms with van der Waals surface area (Å²) in [7, 11) is 1.58. The van der Waals surface area contributed by atoms with E-state index in [-0.39, 0.29) is 36.8 Å². The molecule has 0 saturated carbocycles. The van der Waals surface area contributed by atoms with Crippen molar-refractivity contribution in [1.29, 1.82) is 0 Å². The molecule has 26 heavy (non-hydrogen) atoms. The van der Waals surface area contributed by atoms with Crippen LogP contribution in [-0.2, 0) is 22.6 Å². The minimum atomic E-state index is -0.209. The average molecular weight is 406 g/mol. The monoisotopic (exact) mass is 405 g/mol. The van der Waals surface area contributed by atoms with Crippen molar-refractivity contribution in [1.82, 2.24) is 10.2 Å². The lowest BCUT2D eigenvalue weighted by atomic mass is 10.1. The first-order valence-corrected chi connectivity index (χ1v) is 9.01. The van der Waals surface area contributed by atoms with Crippen molar-refractivity contribution in [2.24, 2.45) is 5.73 Å². The van der Waals surface area contributed by atoms with Crippen molar-refractivity contribution in [2.45, 2.75) is 51.3 Å². The van der Waals surface area contributed by atoms with E-state index in [0.29, 0.717) is 19.5 Å². The van der Waals surface area contributed by atoms with Gasteiger partial charge in [-0.2, -0.15) is 0 Å². The zero-order chi connectivity index (χ0) is 17.2. The summed E-state index contributed by atoms with van der Waals surface area (Å²) < 4.78 is 5.14. The Morgan fingerprint density at radius 2 is 1.85 bits per heavy atom. The molecule has 1 aromatic rings. The zero-order valence-corrected chi connectivity index (χ0v) is 17.2. The topological polar surface area (TPSA) is 67.6 Å². The second-order valence-corrected chi connectivity index (χ2v) is 6.58. The highest BCUT2D eigenvalue weighted by atomic mass is 35.5. The predicted molar refractivity (Wildman–Crippen MR) is 111 cm³/mol. The van der Waals surface area contributed by atoms with Crippen LogP contribution in [0.25, 0.3) is 0 Å². The molecule has 1 atom stereocenters. The molecule has 0 aliphatic carbocycles. The molecule has 2 rings (SSSR count). The Hall–Kier alpha value is -0.850. The zero-order valence-electron chi connectivity index (χ0n) is 15.6. The molecule has 3 N–H and O–H groups in total. The van der Waals surface area contributed by atoms with Crippen LogP contribution in [0.3, 0.4) is 0 Å². The molecule has 1 fully saturated rings. The molecule has 1 aliphatic rings. The van der Waals surface area contributed by atoms with Gasteiger partial charge in [0, 0.05) is 26.7 Å². The van der Waals surface area contributed by atoms with Crippen LogP contribution in [0.1, 0.15) is 43.2 Å². The summed E-state index contributed by atoms with van der Waals surface area (Å²) >= 11 is 0. The molecular formula is C19H33Cl2N3O2. The summed E-state index contributed by atoms with van der Waals surface area (Å²) in [6.07, 6.45) is 5.41. The van der Waals surface area contributed by atoms with Gasteiger partial charge < -0.3 is 15.8 Å². The van der Waals surface area contributed by atoms with Crippen LogP contribution in [0.5, 0.6) is 0 Å². The molecule has 0 bridgehead atoms. The van der Waals surface area contributed by atoms with E-state index < -0.39 is 0 Å². The number of ether oxygens (including phenoxy) is 1. The minimum Gasteiger partial charge on any atom is -0.380 e. The van der Waals surface area contributed by atoms with Crippen LogP contribution < -0.4 is 11.1 Å². The van der Waals surface area contributed by atoms with Gasteiger partial charge in [-0.25, -0.2) is 0 Å². The molecule has 1 unspecified atom stereocenters. The van der Waals surface area contributed by atoms with Gasteiger partial charge in [-0.15, -0.1) is 24.8 Å². The number of hydrogen-bond acceptors (Lipinski definition) is 4. The number of nitrogens with one attached hydrogen (secondary N) is 1. The number of methoxy groups -OCH3 is 1. The van der Waals surface area contributed by atoms with E-state index in [0.717, 1.165) is 12.1 Å². The lowest BCUT2D eigenvalue weighted by Gasteiger charge is -2.20. The van der Waals surface area contributed by atoms with Crippen molar-refractivity contribution in [3.8, 4) is 0 Å². The Labute approximate surface area is 169 Å². The fraction of sp³-hybridized carbons (Fsp3) is 0.632. The van der Waals surface area contributed by atoms with Gasteiger partial charge >= 0.3 is 0 Å². The summed E-state index contributed by atoms with van der Waals surface area (Å²) in [5.41, 5.74) is 8.01. The van der Waals surface area contributed by atoms with E-state index in [1.807, 2.05) is 0 Å². The molecule has 0 aromatic heterocycles. The second-order valence-electron chi connectivity index (χ2n) is 6.58. The third-order valence-electron chi connectivity index (χ3n) is 4.60. The number of carbonyl (C=O) groups is 1. The molecule has 1 aromatic carbocycles. The van der Waals surface area contributed by atoms with Gasteiger partial charge in [-0.1, -0.05) is 37.1 Å². The molecule has 1 heterocycles. The molecule has 1 aliphatic heterocycles. The molecule has 7 heteroatoms. The highest BCUT2D eigenvalue weighted by molar-refractivity contribution is 5.85. The van der Waals surface area contributed by atoms with Crippen LogP contribution in [0.15, 0.2) is 24.3 Å². The highest BCUT2D eigenvalue weighted by Gasteiger charge is 2.12. The maximum atomic E-state index is 11.9. The van der Waals surface area contributed by atoms with E-state index in [9.17, 15) is 4.79 Å². The van der Waals surface area contributed by atoms with Crippen molar-refractivity contribution in [2.75, 3.05) is 26.7 Å². The molecule has 1 amide bonds. The van der Waals surface area contributed by atoms with Crippen molar-refractivity contribution >= 4 is 30.7 Å². The quantitative estimate of drug-likeness (QED) is 0.697. The van der Waals surface area contributed by atoms with Gasteiger partial charge in [0.15, 0.2) is 0 Å². The van der Waals surface area contributed by atoms with Gasteiger partial charge in [0.05, 0.1) is 12.5 Å². The number of hydrogen-bond donors (Lipinski definition) is 2. The van der Waals surface area contributed by atoms with E-state index in [1.54, 1.807) is 7.11 Å². The Morgan fingerprint density at radius 1 is 1.19 bits per heavy atom. The Bertz CT molecular complexity index is 505. The SMILES string of the molecule is COC(CN)CC(=O)NCc1cccc(CN2CCCCCC2)c1.Cl.Cl. The third-order valence-corrected chi connectivity index (χ3v) is 4.60. The number of halogens is 2. The van der Waals surface area contributed by atoms with Crippen LogP contribution >= 0.6 is 24.8 Å². The predicted octanol–water partition coefficient (Wildman–Crippen LogP) is 2.89. The minimum absolute atomic E-state index is 0. The summed E-state index contributed by atoms with van der Waals surface area (Å²) in [6.45, 7) is 4.29. The second kappa shape index (κ2) is 14.2. The van der Waals surface area contributed by atoms with Crippen molar-refractivity contribution in [3.63, 3.8) is 0 Å². The average Bonchev–Trinajstić information content (AvgIpc) is 2.87. The normalized spacial score (nSPS) is 15.9. The van der Waals surface area contributed by atoms with Crippen LogP contribution in [-0.4, -0.2) is 43.7 Å². The first-order chi connectivity index (χ1) is 11.7. The highest BCUT2D eigenvalue weighted by Crippen LogP contribution is 2.14. The Morgan fingerprint density at radius 3 is 2.46 bits per heavy atom. The van der Waals surface area contributed by atoms with Crippen molar-refractivity contribution in [3.05, 3.63) is 35.4 Å². The van der Waals surface area contributed by atoms with Crippen LogP contribution in [0, 0.1) is 0 Å². The lowest BCUT2D eigenvalue weighted by molar-refractivity contribution is -0.123. The summed E-state index contributed by atoms with van der Waals surface area (Å²) in [6, 6.07) is 8.50. The van der Waals surface area contributed by atoms with Gasteiger partial charge in [0.1, 0.15) is 0 Å². The summed E-state index contributed by atoms with van der Waals surface area (Å²) in [4.78, 5) is 14.5. The van der Waals surface area contributed by atoms with E-state index in [1.165, 1.54) is 44.3 Å². The van der Waals surface area contributed by atoms with Crippen LogP contribution in [0.4, 0.5) is 0 Å². The number of likely N-dealkylation sites (tertiary alicyclic amines) is 1. The van der Waals surface area contributed by atoms with Gasteiger partial charge in [0.25, 0.3) is 0 Å². The summed E-state index contributed by atoms with van der Waals surface area (Å²) in [5, 5.41) is 2.95. The number of benzene rings is 1. The van der Waals surface area contributed by atoms with Gasteiger partial charge in [0.2, 0.25) is 5.91 Å². The van der Waals surface area contributed by atoms with Crippen LogP contribution in [0.2, 0.25) is 0 Å². The molecule has 5 nitrogen and oxygen atoms in total. The van der Waals surface area contributed by atoms with E-state index >= 15 is 0 Å². The molecule has 1 saturated heterocycles. The Balaban J connectivity index is 0.00000312. The molecule has 150 valence electrons. The number of nitrogens with two attached hydrogens (primary N) is 1. The number of rotatable bonds is 8. The summed E-state index contributed by atoms with van der Waals surface area (Å²) in [5.74, 6) is -0.0229. The first-order valence-electron chi connectivity index (χ1n) is 9.01. The van der Waals surface area contributed by atoms with Crippen molar-refractivity contribution < 1.29 is 9.53 Å². The smallest absolute Gasteiger partial charge is 0.222 e. The Kier molecular flexibility index (Phi) is 13.8. The van der Waals surface area contributed by atoms with E-state index in [4.69, 9.17) is 10.5 Å². The number of nitrogens with zero attached hydrogens (tertiary/aromatic N) is 1.